The van der Waals surface area contributed by atoms with Crippen LogP contribution in [0, 0.1) is 5.41 Å². The summed E-state index contributed by atoms with van der Waals surface area (Å²) in [7, 11) is 0. The molecule has 0 aliphatic carbocycles. The third kappa shape index (κ3) is 6.35. The van der Waals surface area contributed by atoms with E-state index in [9.17, 15) is 14.7 Å². The van der Waals surface area contributed by atoms with Crippen LogP contribution in [-0.2, 0) is 17.9 Å². The Kier molecular flexibility index (Phi) is 8.38. The summed E-state index contributed by atoms with van der Waals surface area (Å²) < 4.78 is 1.29. The number of aromatic hydroxyl groups is 1. The summed E-state index contributed by atoms with van der Waals surface area (Å²) in [5.41, 5.74) is 13.4. The number of aromatic nitrogens is 2. The van der Waals surface area contributed by atoms with Crippen molar-refractivity contribution < 1.29 is 9.90 Å². The number of hydrogen-bond acceptors (Lipinski definition) is 7. The largest absolute Gasteiger partial charge is 0.508 e. The van der Waals surface area contributed by atoms with Crippen molar-refractivity contribution in [3.8, 4) is 17.0 Å². The predicted octanol–water partition coefficient (Wildman–Crippen LogP) is 2.25. The van der Waals surface area contributed by atoms with Crippen LogP contribution >= 0.6 is 0 Å². The van der Waals surface area contributed by atoms with E-state index in [1.807, 2.05) is 13.8 Å². The van der Waals surface area contributed by atoms with Gasteiger partial charge in [-0.3, -0.25) is 19.6 Å². The van der Waals surface area contributed by atoms with Crippen molar-refractivity contribution in [2.24, 2.45) is 5.73 Å². The number of nitrogens with two attached hydrogens (primary N) is 2. The number of amidine groups is 1. The van der Waals surface area contributed by atoms with Crippen molar-refractivity contribution in [2.75, 3.05) is 11.1 Å². The molecule has 0 radical (unpaired) electrons. The minimum absolute atomic E-state index is 0. The number of anilines is 2. The van der Waals surface area contributed by atoms with E-state index in [1.54, 1.807) is 30.3 Å². The molecule has 1 aromatic heterocycles. The Balaban J connectivity index is 0.00000408. The van der Waals surface area contributed by atoms with E-state index in [2.05, 4.69) is 15.6 Å². The number of carbonyl (C=O) groups is 1. The predicted molar refractivity (Wildman–Crippen MR) is 135 cm³/mol. The smallest absolute Gasteiger partial charge is 0.294 e. The zero-order chi connectivity index (χ0) is 24.1. The molecule has 3 rings (SSSR count). The van der Waals surface area contributed by atoms with E-state index in [0.717, 1.165) is 5.56 Å². The molecule has 1 amide bonds. The van der Waals surface area contributed by atoms with Crippen molar-refractivity contribution in [3.63, 3.8) is 0 Å². The van der Waals surface area contributed by atoms with Crippen LogP contribution in [0.25, 0.3) is 11.3 Å². The number of nitrogen functional groups attached to an aromatic ring is 2. The first-order valence-electron chi connectivity index (χ1n) is 10.3. The molecule has 0 saturated heterocycles. The van der Waals surface area contributed by atoms with Gasteiger partial charge in [-0.15, -0.1) is 0 Å². The molecule has 34 heavy (non-hydrogen) atoms. The summed E-state index contributed by atoms with van der Waals surface area (Å²) >= 11 is 0. The molecule has 0 fully saturated rings. The Bertz CT molecular complexity index is 1210. The molecule has 0 saturated carbocycles. The van der Waals surface area contributed by atoms with Gasteiger partial charge in [0.05, 0.1) is 11.9 Å². The van der Waals surface area contributed by atoms with Crippen LogP contribution in [0.1, 0.15) is 32.4 Å². The molecule has 2 aromatic carbocycles. The van der Waals surface area contributed by atoms with Gasteiger partial charge in [0.25, 0.3) is 5.56 Å². The van der Waals surface area contributed by atoms with Crippen molar-refractivity contribution in [1.82, 2.24) is 14.9 Å². The van der Waals surface area contributed by atoms with Gasteiger partial charge in [0.15, 0.2) is 5.82 Å². The highest BCUT2D eigenvalue weighted by Gasteiger charge is 2.16. The van der Waals surface area contributed by atoms with Crippen molar-refractivity contribution in [1.29, 1.82) is 5.41 Å². The van der Waals surface area contributed by atoms with Crippen LogP contribution in [0.2, 0.25) is 0 Å². The van der Waals surface area contributed by atoms with Crippen LogP contribution in [-0.4, -0.2) is 32.4 Å². The molecule has 0 unspecified atom stereocenters. The number of phenols is 1. The van der Waals surface area contributed by atoms with Gasteiger partial charge in [-0.05, 0) is 31.5 Å². The van der Waals surface area contributed by atoms with Crippen LogP contribution < -0.4 is 27.7 Å². The van der Waals surface area contributed by atoms with E-state index >= 15 is 0 Å². The van der Waals surface area contributed by atoms with Crippen molar-refractivity contribution in [3.05, 3.63) is 70.1 Å². The molecule has 0 aliphatic rings. The average Bonchev–Trinajstić information content (AvgIpc) is 2.74. The molecule has 0 atom stereocenters. The molecule has 10 heteroatoms. The van der Waals surface area contributed by atoms with Gasteiger partial charge in [0.2, 0.25) is 5.91 Å². The number of benzene rings is 2. The van der Waals surface area contributed by atoms with Gasteiger partial charge in [-0.25, -0.2) is 4.98 Å². The lowest BCUT2D eigenvalue weighted by atomic mass is 10.1. The second-order valence-corrected chi connectivity index (χ2v) is 7.88. The van der Waals surface area contributed by atoms with Crippen LogP contribution in [0.3, 0.4) is 0 Å². The monoisotopic (exact) mass is 465 g/mol. The highest BCUT2D eigenvalue weighted by Crippen LogP contribution is 2.26. The number of hydrogen-bond donors (Lipinski definition) is 6. The fraction of sp³-hybridized carbons (Fsp3) is 0.250. The Morgan fingerprint density at radius 3 is 2.47 bits per heavy atom. The second kappa shape index (κ2) is 11.0. The number of nitrogens with zero attached hydrogens (tertiary/aromatic N) is 2. The molecule has 1 heterocycles. The molecule has 0 aliphatic heterocycles. The van der Waals surface area contributed by atoms with E-state index in [1.165, 1.54) is 22.9 Å². The maximum absolute atomic E-state index is 13.1. The molecular weight excluding hydrogens is 434 g/mol. The molecule has 10 nitrogen and oxygen atoms in total. The Hall–Kier alpha value is -4.34. The Morgan fingerprint density at radius 1 is 1.21 bits per heavy atom. The van der Waals surface area contributed by atoms with Gasteiger partial charge < -0.3 is 27.2 Å². The summed E-state index contributed by atoms with van der Waals surface area (Å²) in [4.78, 5) is 30.0. The third-order valence-electron chi connectivity index (χ3n) is 4.77. The van der Waals surface area contributed by atoms with E-state index < -0.39 is 5.56 Å². The third-order valence-corrected chi connectivity index (χ3v) is 4.77. The van der Waals surface area contributed by atoms with Gasteiger partial charge in [-0.2, -0.15) is 0 Å². The lowest BCUT2D eigenvalue weighted by Crippen LogP contribution is -2.35. The van der Waals surface area contributed by atoms with Gasteiger partial charge >= 0.3 is 0 Å². The fourth-order valence-electron chi connectivity index (χ4n) is 3.23. The van der Waals surface area contributed by atoms with Crippen LogP contribution in [0.4, 0.5) is 11.5 Å². The first-order valence-corrected chi connectivity index (χ1v) is 10.3. The van der Waals surface area contributed by atoms with Crippen molar-refractivity contribution >= 4 is 23.2 Å². The first-order chi connectivity index (χ1) is 15.6. The maximum Gasteiger partial charge on any atom is 0.294 e. The highest BCUT2D eigenvalue weighted by atomic mass is 16.3. The number of nitrogens with one attached hydrogen (secondary N) is 3. The lowest BCUT2D eigenvalue weighted by Gasteiger charge is -2.16. The van der Waals surface area contributed by atoms with E-state index in [4.69, 9.17) is 16.9 Å². The Labute approximate surface area is 198 Å². The normalized spacial score (nSPS) is 10.4. The number of rotatable bonds is 8. The van der Waals surface area contributed by atoms with Crippen molar-refractivity contribution in [2.45, 2.75) is 40.4 Å². The summed E-state index contributed by atoms with van der Waals surface area (Å²) in [5, 5.41) is 23.1. The number of carbonyl (C=O) groups excluding carboxylic acids is 1. The highest BCUT2D eigenvalue weighted by molar-refractivity contribution is 5.94. The Morgan fingerprint density at radius 2 is 1.88 bits per heavy atom. The van der Waals surface area contributed by atoms with Gasteiger partial charge in [0, 0.05) is 35.5 Å². The topological polar surface area (TPSA) is 172 Å². The summed E-state index contributed by atoms with van der Waals surface area (Å²) in [6, 6.07) is 11.3. The standard InChI is InChI=1S/C23H27N7O3.CH4/c1-13(2)29-22-23(33)30(19(11-28-22)16-7-17(24)9-18(31)8-16)12-20(32)27-10-14-3-5-15(6-4-14)21(25)26;/h3-9,11,13,31H,10,12,24H2,1-2H3,(H3,25,26)(H,27,32)(H,28,29);1H4. The minimum atomic E-state index is -0.468. The quantitative estimate of drug-likeness (QED) is 0.168. The van der Waals surface area contributed by atoms with Crippen LogP contribution in [0.15, 0.2) is 53.5 Å². The maximum atomic E-state index is 13.1. The molecule has 0 bridgehead atoms. The van der Waals surface area contributed by atoms with Crippen LogP contribution in [0.5, 0.6) is 5.75 Å². The lowest BCUT2D eigenvalue weighted by molar-refractivity contribution is -0.121. The molecule has 0 spiro atoms. The number of phenolic OH excluding ortho intramolecular Hbond substituents is 1. The summed E-state index contributed by atoms with van der Waals surface area (Å²) in [6.45, 7) is 3.73. The van der Waals surface area contributed by atoms with Gasteiger partial charge in [0.1, 0.15) is 18.1 Å². The summed E-state index contributed by atoms with van der Waals surface area (Å²) in [6.07, 6.45) is 1.47. The average molecular weight is 466 g/mol. The SMILES string of the molecule is C.CC(C)Nc1ncc(-c2cc(N)cc(O)c2)n(CC(=O)NCc2ccc(C(=N)N)cc2)c1=O. The molecule has 8 N–H and O–H groups in total. The zero-order valence-electron chi connectivity index (χ0n) is 18.4. The molecular formula is C24H31N7O3. The fourth-order valence-corrected chi connectivity index (χ4v) is 3.23. The van der Waals surface area contributed by atoms with E-state index in [0.29, 0.717) is 22.5 Å². The van der Waals surface area contributed by atoms with Gasteiger partial charge in [-0.1, -0.05) is 31.7 Å². The zero-order valence-corrected chi connectivity index (χ0v) is 18.4. The molecule has 3 aromatic rings. The first kappa shape index (κ1) is 25.9. The second-order valence-electron chi connectivity index (χ2n) is 7.88. The molecule has 180 valence electrons. The summed E-state index contributed by atoms with van der Waals surface area (Å²) in [5.74, 6) is -0.362. The minimum Gasteiger partial charge on any atom is -0.508 e. The number of amides is 1. The van der Waals surface area contributed by atoms with E-state index in [-0.39, 0.29) is 49.9 Å².